The van der Waals surface area contributed by atoms with Crippen LogP contribution < -0.4 is 5.32 Å². The summed E-state index contributed by atoms with van der Waals surface area (Å²) in [4.78, 5) is 13.2. The van der Waals surface area contributed by atoms with Crippen LogP contribution in [0.1, 0.15) is 20.3 Å². The van der Waals surface area contributed by atoms with Crippen LogP contribution in [0.25, 0.3) is 33.2 Å². The summed E-state index contributed by atoms with van der Waals surface area (Å²) in [7, 11) is 1.69. The first-order valence-electron chi connectivity index (χ1n) is 12.7. The Hall–Kier alpha value is -3.33. The van der Waals surface area contributed by atoms with Crippen molar-refractivity contribution >= 4 is 56.8 Å². The van der Waals surface area contributed by atoms with Crippen molar-refractivity contribution in [3.63, 3.8) is 0 Å². The van der Waals surface area contributed by atoms with Crippen LogP contribution in [0.3, 0.4) is 0 Å². The molecule has 1 N–H and O–H groups in total. The number of aryl methyl sites for hydroxylation is 1. The zero-order valence-electron chi connectivity index (χ0n) is 21.6. The van der Waals surface area contributed by atoms with Gasteiger partial charge in [-0.3, -0.25) is 4.79 Å². The van der Waals surface area contributed by atoms with Crippen LogP contribution in [0.15, 0.2) is 71.9 Å². The number of ether oxygens (including phenoxy) is 1. The minimum Gasteiger partial charge on any atom is -0.385 e. The Bertz CT molecular complexity index is 1580. The van der Waals surface area contributed by atoms with Crippen LogP contribution in [0.2, 0.25) is 5.02 Å². The van der Waals surface area contributed by atoms with Crippen molar-refractivity contribution in [1.82, 2.24) is 19.3 Å². The molecule has 0 bridgehead atoms. The molecule has 5 rings (SSSR count). The van der Waals surface area contributed by atoms with Gasteiger partial charge in [-0.15, -0.1) is 10.2 Å². The lowest BCUT2D eigenvalue weighted by Crippen LogP contribution is -2.23. The Morgan fingerprint density at radius 2 is 1.79 bits per heavy atom. The Labute approximate surface area is 231 Å². The number of anilines is 1. The molecule has 0 saturated carbocycles. The van der Waals surface area contributed by atoms with Gasteiger partial charge in [0, 0.05) is 64.9 Å². The molecule has 0 radical (unpaired) electrons. The van der Waals surface area contributed by atoms with Crippen LogP contribution in [0, 0.1) is 0 Å². The monoisotopic (exact) mass is 547 g/mol. The van der Waals surface area contributed by atoms with E-state index in [4.69, 9.17) is 16.3 Å². The highest BCUT2D eigenvalue weighted by Gasteiger charge is 2.21. The molecule has 0 saturated heterocycles. The van der Waals surface area contributed by atoms with Crippen molar-refractivity contribution in [3.05, 3.63) is 71.8 Å². The number of thioether (sulfide) groups is 1. The summed E-state index contributed by atoms with van der Waals surface area (Å²) in [5.41, 5.74) is 4.05. The zero-order chi connectivity index (χ0) is 26.6. The third-order valence-electron chi connectivity index (χ3n) is 6.56. The first-order valence-corrected chi connectivity index (χ1v) is 13.9. The van der Waals surface area contributed by atoms with E-state index in [2.05, 4.69) is 57.3 Å². The molecule has 1 amide bonds. The van der Waals surface area contributed by atoms with Gasteiger partial charge >= 0.3 is 0 Å². The summed E-state index contributed by atoms with van der Waals surface area (Å²) < 4.78 is 9.59. The Morgan fingerprint density at radius 3 is 2.55 bits per heavy atom. The van der Waals surface area contributed by atoms with Crippen LogP contribution in [0.4, 0.5) is 5.69 Å². The number of fused-ring (bicyclic) bond motifs is 3. The van der Waals surface area contributed by atoms with Gasteiger partial charge in [0.05, 0.1) is 5.25 Å². The fourth-order valence-corrected chi connectivity index (χ4v) is 5.69. The van der Waals surface area contributed by atoms with E-state index in [9.17, 15) is 4.79 Å². The fourth-order valence-electron chi connectivity index (χ4n) is 4.68. The molecule has 2 heterocycles. The number of amides is 1. The number of carbonyl (C=O) groups excluding carboxylic acids is 1. The number of hydrogen-bond acceptors (Lipinski definition) is 5. The van der Waals surface area contributed by atoms with Gasteiger partial charge in [0.15, 0.2) is 11.0 Å². The van der Waals surface area contributed by atoms with Gasteiger partial charge in [-0.2, -0.15) is 0 Å². The zero-order valence-corrected chi connectivity index (χ0v) is 23.2. The van der Waals surface area contributed by atoms with Gasteiger partial charge in [-0.1, -0.05) is 41.6 Å². The van der Waals surface area contributed by atoms with Crippen LogP contribution >= 0.6 is 23.4 Å². The van der Waals surface area contributed by atoms with E-state index in [1.54, 1.807) is 7.11 Å². The van der Waals surface area contributed by atoms with E-state index < -0.39 is 0 Å². The smallest absolute Gasteiger partial charge is 0.237 e. The van der Waals surface area contributed by atoms with E-state index in [-0.39, 0.29) is 11.2 Å². The molecule has 0 aliphatic carbocycles. The lowest BCUT2D eigenvalue weighted by Gasteiger charge is -2.14. The second kappa shape index (κ2) is 11.6. The van der Waals surface area contributed by atoms with E-state index >= 15 is 0 Å². The second-order valence-corrected chi connectivity index (χ2v) is 10.8. The largest absolute Gasteiger partial charge is 0.385 e. The number of nitrogens with one attached hydrogen (secondary N) is 1. The standard InChI is InChI=1S/C29H30ClN5O2S/c1-4-34-25-9-6-5-8-23(25)24-18-22(14-15-26(24)34)31-28(36)19(2)38-29-33-32-27(35(29)16-7-17-37-3)20-10-12-21(30)13-11-20/h5-6,8-15,18-19H,4,7,16-17H2,1-3H3,(H,31,36). The quantitative estimate of drug-likeness (QED) is 0.152. The molecule has 1 unspecified atom stereocenters. The van der Waals surface area contributed by atoms with E-state index in [1.807, 2.05) is 47.9 Å². The number of nitrogens with zero attached hydrogens (tertiary/aromatic N) is 4. The molecular formula is C29H30ClN5O2S. The maximum absolute atomic E-state index is 13.2. The van der Waals surface area contributed by atoms with Crippen LogP contribution in [-0.2, 0) is 22.6 Å². The summed E-state index contributed by atoms with van der Waals surface area (Å²) in [5, 5.41) is 15.3. The Balaban J connectivity index is 1.36. The number of aromatic nitrogens is 4. The lowest BCUT2D eigenvalue weighted by atomic mass is 10.1. The number of para-hydroxylation sites is 1. The molecule has 0 aliphatic rings. The molecular weight excluding hydrogens is 518 g/mol. The predicted molar refractivity (Wildman–Crippen MR) is 156 cm³/mol. The maximum atomic E-state index is 13.2. The first-order chi connectivity index (χ1) is 18.5. The number of halogens is 1. The van der Waals surface area contributed by atoms with Gasteiger partial charge in [0.25, 0.3) is 0 Å². The first kappa shape index (κ1) is 26.3. The average molecular weight is 548 g/mol. The third-order valence-corrected chi connectivity index (χ3v) is 7.89. The topological polar surface area (TPSA) is 74.0 Å². The molecule has 7 nitrogen and oxygen atoms in total. The van der Waals surface area contributed by atoms with Crippen molar-refractivity contribution < 1.29 is 9.53 Å². The SMILES string of the molecule is CCn1c2ccccc2c2cc(NC(=O)C(C)Sc3nnc(-c4ccc(Cl)cc4)n3CCCOC)ccc21. The molecule has 2 aromatic heterocycles. The number of hydrogen-bond donors (Lipinski definition) is 1. The average Bonchev–Trinajstić information content (AvgIpc) is 3.47. The Morgan fingerprint density at radius 1 is 1.03 bits per heavy atom. The highest BCUT2D eigenvalue weighted by atomic mass is 35.5. The van der Waals surface area contributed by atoms with Gasteiger partial charge in [-0.25, -0.2) is 0 Å². The van der Waals surface area contributed by atoms with Gasteiger partial charge in [0.1, 0.15) is 0 Å². The predicted octanol–water partition coefficient (Wildman–Crippen LogP) is 6.88. The molecule has 0 fully saturated rings. The normalized spacial score (nSPS) is 12.3. The number of benzene rings is 3. The summed E-state index contributed by atoms with van der Waals surface area (Å²) in [5.74, 6) is 0.652. The van der Waals surface area contributed by atoms with Crippen LogP contribution in [-0.4, -0.2) is 44.2 Å². The van der Waals surface area contributed by atoms with E-state index in [0.29, 0.717) is 23.3 Å². The number of carbonyl (C=O) groups is 1. The molecule has 9 heteroatoms. The molecule has 196 valence electrons. The fraction of sp³-hybridized carbons (Fsp3) is 0.276. The molecule has 5 aromatic rings. The third kappa shape index (κ3) is 5.29. The maximum Gasteiger partial charge on any atom is 0.237 e. The van der Waals surface area contributed by atoms with Crippen molar-refractivity contribution in [2.24, 2.45) is 0 Å². The van der Waals surface area contributed by atoms with E-state index in [1.165, 1.54) is 22.7 Å². The molecule has 0 spiro atoms. The van der Waals surface area contributed by atoms with E-state index in [0.717, 1.165) is 40.9 Å². The van der Waals surface area contributed by atoms with Crippen molar-refractivity contribution in [1.29, 1.82) is 0 Å². The second-order valence-electron chi connectivity index (χ2n) is 9.05. The highest BCUT2D eigenvalue weighted by Crippen LogP contribution is 2.32. The molecule has 3 aromatic carbocycles. The minimum atomic E-state index is -0.383. The number of rotatable bonds is 10. The van der Waals surface area contributed by atoms with Crippen LogP contribution in [0.5, 0.6) is 0 Å². The summed E-state index contributed by atoms with van der Waals surface area (Å²) in [6.45, 7) is 6.21. The molecule has 0 aliphatic heterocycles. The minimum absolute atomic E-state index is 0.0898. The van der Waals surface area contributed by atoms with Crippen molar-refractivity contribution in [2.75, 3.05) is 19.0 Å². The molecule has 1 atom stereocenters. The van der Waals surface area contributed by atoms with Crippen molar-refractivity contribution in [2.45, 2.75) is 43.8 Å². The van der Waals surface area contributed by atoms with Gasteiger partial charge < -0.3 is 19.2 Å². The summed E-state index contributed by atoms with van der Waals surface area (Å²) >= 11 is 7.47. The highest BCUT2D eigenvalue weighted by molar-refractivity contribution is 8.00. The lowest BCUT2D eigenvalue weighted by molar-refractivity contribution is -0.115. The van der Waals surface area contributed by atoms with Gasteiger partial charge in [-0.05, 0) is 68.8 Å². The molecule has 38 heavy (non-hydrogen) atoms. The Kier molecular flexibility index (Phi) is 8.02. The number of methoxy groups -OCH3 is 1. The summed E-state index contributed by atoms with van der Waals surface area (Å²) in [6.07, 6.45) is 0.800. The van der Waals surface area contributed by atoms with Gasteiger partial charge in [0.2, 0.25) is 5.91 Å². The van der Waals surface area contributed by atoms with Crippen molar-refractivity contribution in [3.8, 4) is 11.4 Å². The summed E-state index contributed by atoms with van der Waals surface area (Å²) in [6, 6.07) is 22.0.